The fraction of sp³-hybridized carbons (Fsp3) is 0.188. The SMILES string of the molecule is COc1ccc(CC(=O)c2cc(Br)c(C)cc2Br)cc1. The van der Waals surface area contributed by atoms with Gasteiger partial charge >= 0.3 is 0 Å². The van der Waals surface area contributed by atoms with E-state index in [4.69, 9.17) is 4.74 Å². The third-order valence-electron chi connectivity index (χ3n) is 3.07. The van der Waals surface area contributed by atoms with Gasteiger partial charge in [-0.05, 0) is 42.3 Å². The third kappa shape index (κ3) is 3.49. The highest BCUT2D eigenvalue weighted by atomic mass is 79.9. The van der Waals surface area contributed by atoms with Crippen LogP contribution >= 0.6 is 31.9 Å². The molecule has 0 saturated heterocycles. The van der Waals surface area contributed by atoms with Crippen molar-refractivity contribution in [3.8, 4) is 5.75 Å². The topological polar surface area (TPSA) is 26.3 Å². The number of ketones is 1. The molecule has 0 spiro atoms. The van der Waals surface area contributed by atoms with Crippen molar-refractivity contribution in [1.82, 2.24) is 0 Å². The lowest BCUT2D eigenvalue weighted by Gasteiger charge is -2.08. The third-order valence-corrected chi connectivity index (χ3v) is 4.58. The average Bonchev–Trinajstić information content (AvgIpc) is 2.43. The summed E-state index contributed by atoms with van der Waals surface area (Å²) >= 11 is 6.92. The first-order valence-corrected chi connectivity index (χ1v) is 7.71. The molecule has 0 aliphatic rings. The van der Waals surface area contributed by atoms with Gasteiger partial charge in [-0.1, -0.05) is 44.0 Å². The Morgan fingerprint density at radius 2 is 1.75 bits per heavy atom. The summed E-state index contributed by atoms with van der Waals surface area (Å²) in [6.07, 6.45) is 0.373. The molecule has 4 heteroatoms. The molecule has 104 valence electrons. The molecule has 2 rings (SSSR count). The summed E-state index contributed by atoms with van der Waals surface area (Å²) in [5.74, 6) is 0.878. The second-order valence-corrected chi connectivity index (χ2v) is 6.24. The minimum atomic E-state index is 0.0859. The van der Waals surface area contributed by atoms with Crippen LogP contribution in [0.4, 0.5) is 0 Å². The van der Waals surface area contributed by atoms with Crippen molar-refractivity contribution in [3.63, 3.8) is 0 Å². The molecule has 2 aromatic carbocycles. The van der Waals surface area contributed by atoms with Crippen LogP contribution in [0.15, 0.2) is 45.3 Å². The molecule has 0 fully saturated rings. The lowest BCUT2D eigenvalue weighted by molar-refractivity contribution is 0.0992. The molecule has 0 aliphatic heterocycles. The summed E-state index contributed by atoms with van der Waals surface area (Å²) < 4.78 is 6.88. The van der Waals surface area contributed by atoms with E-state index in [0.29, 0.717) is 12.0 Å². The number of benzene rings is 2. The van der Waals surface area contributed by atoms with E-state index in [1.807, 2.05) is 43.3 Å². The summed E-state index contributed by atoms with van der Waals surface area (Å²) in [5, 5.41) is 0. The number of hydrogen-bond donors (Lipinski definition) is 0. The number of carbonyl (C=O) groups excluding carboxylic acids is 1. The fourth-order valence-corrected chi connectivity index (χ4v) is 2.91. The van der Waals surface area contributed by atoms with E-state index in [2.05, 4.69) is 31.9 Å². The second-order valence-electron chi connectivity index (χ2n) is 4.53. The second kappa shape index (κ2) is 6.55. The Hall–Kier alpha value is -1.13. The summed E-state index contributed by atoms with van der Waals surface area (Å²) in [5.41, 5.74) is 2.76. The van der Waals surface area contributed by atoms with E-state index >= 15 is 0 Å². The highest BCUT2D eigenvalue weighted by Crippen LogP contribution is 2.26. The minimum Gasteiger partial charge on any atom is -0.497 e. The van der Waals surface area contributed by atoms with Gasteiger partial charge in [0.2, 0.25) is 0 Å². The van der Waals surface area contributed by atoms with Gasteiger partial charge in [0.1, 0.15) is 5.75 Å². The molecule has 0 saturated carbocycles. The Morgan fingerprint density at radius 1 is 1.10 bits per heavy atom. The summed E-state index contributed by atoms with van der Waals surface area (Å²) in [7, 11) is 1.63. The zero-order valence-corrected chi connectivity index (χ0v) is 14.4. The number of carbonyl (C=O) groups is 1. The molecule has 0 N–H and O–H groups in total. The van der Waals surface area contributed by atoms with Gasteiger partial charge in [-0.3, -0.25) is 4.79 Å². The maximum atomic E-state index is 12.4. The van der Waals surface area contributed by atoms with E-state index in [1.54, 1.807) is 7.11 Å². The largest absolute Gasteiger partial charge is 0.497 e. The molecule has 2 nitrogen and oxygen atoms in total. The zero-order chi connectivity index (χ0) is 14.7. The van der Waals surface area contributed by atoms with Gasteiger partial charge in [0.05, 0.1) is 7.11 Å². The van der Waals surface area contributed by atoms with Crippen molar-refractivity contribution in [1.29, 1.82) is 0 Å². The molecular formula is C16H14Br2O2. The number of ether oxygens (including phenoxy) is 1. The number of methoxy groups -OCH3 is 1. The van der Waals surface area contributed by atoms with Crippen molar-refractivity contribution in [2.24, 2.45) is 0 Å². The molecule has 20 heavy (non-hydrogen) atoms. The molecule has 0 heterocycles. The number of Topliss-reactive ketones (excluding diaryl/α,β-unsaturated/α-hetero) is 1. The number of hydrogen-bond acceptors (Lipinski definition) is 2. The Balaban J connectivity index is 2.21. The maximum absolute atomic E-state index is 12.4. The van der Waals surface area contributed by atoms with E-state index in [-0.39, 0.29) is 5.78 Å². The Labute approximate surface area is 135 Å². The van der Waals surface area contributed by atoms with E-state index in [9.17, 15) is 4.79 Å². The fourth-order valence-electron chi connectivity index (χ4n) is 1.88. The molecule has 0 aliphatic carbocycles. The molecule has 0 unspecified atom stereocenters. The van der Waals surface area contributed by atoms with Gasteiger partial charge in [0.25, 0.3) is 0 Å². The highest BCUT2D eigenvalue weighted by molar-refractivity contribution is 9.11. The molecule has 0 bridgehead atoms. The quantitative estimate of drug-likeness (QED) is 0.682. The van der Waals surface area contributed by atoms with Crippen LogP contribution in [0.5, 0.6) is 5.75 Å². The van der Waals surface area contributed by atoms with E-state index < -0.39 is 0 Å². The summed E-state index contributed by atoms with van der Waals surface area (Å²) in [4.78, 5) is 12.4. The Bertz CT molecular complexity index is 634. The van der Waals surface area contributed by atoms with Crippen LogP contribution in [0, 0.1) is 6.92 Å². The lowest BCUT2D eigenvalue weighted by Crippen LogP contribution is -2.05. The highest BCUT2D eigenvalue weighted by Gasteiger charge is 2.13. The van der Waals surface area contributed by atoms with Gasteiger partial charge in [-0.15, -0.1) is 0 Å². The standard InChI is InChI=1S/C16H14Br2O2/c1-10-7-15(18)13(9-14(10)17)16(19)8-11-3-5-12(20-2)6-4-11/h3-7,9H,8H2,1-2H3. The molecule has 0 aromatic heterocycles. The van der Waals surface area contributed by atoms with Crippen molar-refractivity contribution < 1.29 is 9.53 Å². The van der Waals surface area contributed by atoms with Gasteiger partial charge in [0, 0.05) is 20.9 Å². The van der Waals surface area contributed by atoms with Crippen LogP contribution in [-0.2, 0) is 6.42 Å². The smallest absolute Gasteiger partial charge is 0.168 e. The van der Waals surface area contributed by atoms with Crippen molar-refractivity contribution >= 4 is 37.6 Å². The first-order chi connectivity index (χ1) is 9.51. The minimum absolute atomic E-state index is 0.0859. The molecule has 0 atom stereocenters. The molecule has 2 aromatic rings. The first-order valence-electron chi connectivity index (χ1n) is 6.13. The number of halogens is 2. The van der Waals surface area contributed by atoms with Crippen molar-refractivity contribution in [2.45, 2.75) is 13.3 Å². The summed E-state index contributed by atoms with van der Waals surface area (Å²) in [6, 6.07) is 11.4. The molecule has 0 amide bonds. The number of aryl methyl sites for hydroxylation is 1. The number of rotatable bonds is 4. The van der Waals surface area contributed by atoms with Crippen LogP contribution in [-0.4, -0.2) is 12.9 Å². The molecule has 0 radical (unpaired) electrons. The van der Waals surface area contributed by atoms with Crippen LogP contribution < -0.4 is 4.74 Å². The van der Waals surface area contributed by atoms with Gasteiger partial charge < -0.3 is 4.74 Å². The zero-order valence-electron chi connectivity index (χ0n) is 11.2. The Morgan fingerprint density at radius 3 is 2.35 bits per heavy atom. The van der Waals surface area contributed by atoms with Crippen LogP contribution in [0.2, 0.25) is 0 Å². The van der Waals surface area contributed by atoms with E-state index in [0.717, 1.165) is 25.8 Å². The van der Waals surface area contributed by atoms with Gasteiger partial charge in [0.15, 0.2) is 5.78 Å². The van der Waals surface area contributed by atoms with Crippen LogP contribution in [0.3, 0.4) is 0 Å². The maximum Gasteiger partial charge on any atom is 0.168 e. The summed E-state index contributed by atoms with van der Waals surface area (Å²) in [6.45, 7) is 1.99. The predicted molar refractivity (Wildman–Crippen MR) is 87.6 cm³/mol. The first kappa shape index (κ1) is 15.3. The lowest BCUT2D eigenvalue weighted by atomic mass is 10.0. The van der Waals surface area contributed by atoms with Gasteiger partial charge in [-0.25, -0.2) is 0 Å². The predicted octanol–water partition coefficient (Wildman–Crippen LogP) is 4.95. The van der Waals surface area contributed by atoms with Crippen molar-refractivity contribution in [2.75, 3.05) is 7.11 Å². The monoisotopic (exact) mass is 396 g/mol. The molecular weight excluding hydrogens is 384 g/mol. The van der Waals surface area contributed by atoms with Gasteiger partial charge in [-0.2, -0.15) is 0 Å². The van der Waals surface area contributed by atoms with Crippen LogP contribution in [0.25, 0.3) is 0 Å². The van der Waals surface area contributed by atoms with Crippen LogP contribution in [0.1, 0.15) is 21.5 Å². The average molecular weight is 398 g/mol. The van der Waals surface area contributed by atoms with Crippen molar-refractivity contribution in [3.05, 3.63) is 62.0 Å². The van der Waals surface area contributed by atoms with E-state index in [1.165, 1.54) is 0 Å². The Kier molecular flexibility index (Phi) is 5.00. The normalized spacial score (nSPS) is 10.4.